The fourth-order valence-electron chi connectivity index (χ4n) is 4.47. The van der Waals surface area contributed by atoms with E-state index in [-0.39, 0.29) is 23.0 Å². The molecule has 1 N–H and O–H groups in total. The van der Waals surface area contributed by atoms with Crippen LogP contribution < -0.4 is 19.1 Å². The molecule has 0 bridgehead atoms. The standard InChI is InChI=1S/C31H39N3O6S2/c1-6-27(31(36)32-7-2)33(21-23-13-15-24(39-4)16-14-23)30(35)22-34(28-11-9-10-12-29(28)40-8-3)42(37,38)26-19-17-25(41-5)18-20-26/h9-20,27H,6-8,21-22H2,1-5H3,(H,32,36). The molecule has 42 heavy (non-hydrogen) atoms. The van der Waals surface area contributed by atoms with Crippen LogP contribution in [0.15, 0.2) is 82.6 Å². The minimum Gasteiger partial charge on any atom is -0.497 e. The van der Waals surface area contributed by atoms with Gasteiger partial charge >= 0.3 is 0 Å². The maximum absolute atomic E-state index is 14.2. The highest BCUT2D eigenvalue weighted by Crippen LogP contribution is 2.33. The zero-order chi connectivity index (χ0) is 30.7. The molecule has 2 amide bonds. The lowest BCUT2D eigenvalue weighted by Crippen LogP contribution is -2.52. The second-order valence-corrected chi connectivity index (χ2v) is 12.0. The van der Waals surface area contributed by atoms with E-state index in [1.807, 2.05) is 32.2 Å². The fraction of sp³-hybridized carbons (Fsp3) is 0.355. The van der Waals surface area contributed by atoms with E-state index in [2.05, 4.69) is 5.32 Å². The van der Waals surface area contributed by atoms with Gasteiger partial charge in [-0.25, -0.2) is 8.42 Å². The molecule has 1 atom stereocenters. The molecule has 0 fully saturated rings. The molecule has 0 aliphatic rings. The first-order chi connectivity index (χ1) is 20.2. The number of carbonyl (C=O) groups is 2. The summed E-state index contributed by atoms with van der Waals surface area (Å²) in [5.41, 5.74) is 1.00. The molecule has 11 heteroatoms. The van der Waals surface area contributed by atoms with Gasteiger partial charge in [-0.3, -0.25) is 13.9 Å². The molecule has 0 aliphatic carbocycles. The van der Waals surface area contributed by atoms with Gasteiger partial charge in [0.15, 0.2) is 0 Å². The Hall–Kier alpha value is -3.70. The summed E-state index contributed by atoms with van der Waals surface area (Å²) < 4.78 is 40.4. The van der Waals surface area contributed by atoms with Crippen molar-refractivity contribution < 1.29 is 27.5 Å². The molecule has 0 spiro atoms. The number of amides is 2. The fourth-order valence-corrected chi connectivity index (χ4v) is 6.30. The number of nitrogens with zero attached hydrogens (tertiary/aromatic N) is 2. The second kappa shape index (κ2) is 15.5. The van der Waals surface area contributed by atoms with Crippen LogP contribution in [0, 0.1) is 0 Å². The van der Waals surface area contributed by atoms with Gasteiger partial charge in [-0.2, -0.15) is 0 Å². The van der Waals surface area contributed by atoms with E-state index in [4.69, 9.17) is 9.47 Å². The molecule has 0 radical (unpaired) electrons. The lowest BCUT2D eigenvalue weighted by Gasteiger charge is -2.33. The molecule has 3 rings (SSSR count). The van der Waals surface area contributed by atoms with Crippen molar-refractivity contribution in [2.75, 3.05) is 37.4 Å². The smallest absolute Gasteiger partial charge is 0.264 e. The van der Waals surface area contributed by atoms with E-state index in [1.165, 1.54) is 28.8 Å². The normalized spacial score (nSPS) is 11.8. The Balaban J connectivity index is 2.10. The number of thioether (sulfide) groups is 1. The zero-order valence-corrected chi connectivity index (χ0v) is 26.3. The number of para-hydroxylation sites is 2. The van der Waals surface area contributed by atoms with Crippen LogP contribution in [-0.4, -0.2) is 64.2 Å². The number of rotatable bonds is 15. The van der Waals surface area contributed by atoms with Crippen molar-refractivity contribution in [3.8, 4) is 11.5 Å². The monoisotopic (exact) mass is 613 g/mol. The van der Waals surface area contributed by atoms with Crippen LogP contribution in [0.5, 0.6) is 11.5 Å². The molecular formula is C31H39N3O6S2. The first kappa shape index (κ1) is 32.8. The lowest BCUT2D eigenvalue weighted by atomic mass is 10.1. The molecule has 3 aromatic carbocycles. The summed E-state index contributed by atoms with van der Waals surface area (Å²) in [6.07, 6.45) is 2.25. The summed E-state index contributed by atoms with van der Waals surface area (Å²) in [6, 6.07) is 19.6. The second-order valence-electron chi connectivity index (χ2n) is 9.28. The average Bonchev–Trinajstić information content (AvgIpc) is 3.00. The number of benzene rings is 3. The van der Waals surface area contributed by atoms with Gasteiger partial charge in [0.1, 0.15) is 24.1 Å². The van der Waals surface area contributed by atoms with Gasteiger partial charge in [-0.15, -0.1) is 11.8 Å². The Morgan fingerprint density at radius 1 is 0.952 bits per heavy atom. The van der Waals surface area contributed by atoms with Crippen molar-refractivity contribution in [1.82, 2.24) is 10.2 Å². The number of nitrogens with one attached hydrogen (secondary N) is 1. The Morgan fingerprint density at radius 2 is 1.62 bits per heavy atom. The maximum Gasteiger partial charge on any atom is 0.264 e. The Kier molecular flexibility index (Phi) is 12.1. The van der Waals surface area contributed by atoms with Gasteiger partial charge in [0.05, 0.1) is 24.3 Å². The topological polar surface area (TPSA) is 105 Å². The molecule has 226 valence electrons. The number of sulfonamides is 1. The molecule has 3 aromatic rings. The lowest BCUT2D eigenvalue weighted by molar-refractivity contribution is -0.140. The van der Waals surface area contributed by atoms with E-state index >= 15 is 0 Å². The van der Waals surface area contributed by atoms with Crippen molar-refractivity contribution >= 4 is 39.3 Å². The van der Waals surface area contributed by atoms with Crippen LogP contribution in [-0.2, 0) is 26.2 Å². The Bertz CT molecular complexity index is 1430. The van der Waals surface area contributed by atoms with Gasteiger partial charge in [0.2, 0.25) is 11.8 Å². The van der Waals surface area contributed by atoms with E-state index in [9.17, 15) is 18.0 Å². The predicted octanol–water partition coefficient (Wildman–Crippen LogP) is 4.95. The third kappa shape index (κ3) is 7.98. The molecule has 9 nitrogen and oxygen atoms in total. The highest BCUT2D eigenvalue weighted by atomic mass is 32.2. The summed E-state index contributed by atoms with van der Waals surface area (Å²) in [6.45, 7) is 5.69. The third-order valence-corrected chi connectivity index (χ3v) is 9.13. The number of anilines is 1. The molecule has 0 saturated heterocycles. The van der Waals surface area contributed by atoms with Crippen LogP contribution in [0.3, 0.4) is 0 Å². The number of hydrogen-bond acceptors (Lipinski definition) is 7. The highest BCUT2D eigenvalue weighted by molar-refractivity contribution is 7.98. The van der Waals surface area contributed by atoms with Crippen LogP contribution >= 0.6 is 11.8 Å². The van der Waals surface area contributed by atoms with Crippen molar-refractivity contribution in [1.29, 1.82) is 0 Å². The van der Waals surface area contributed by atoms with Crippen molar-refractivity contribution in [2.45, 2.75) is 49.6 Å². The minimum atomic E-state index is -4.21. The predicted molar refractivity (Wildman–Crippen MR) is 167 cm³/mol. The molecule has 0 aromatic heterocycles. The van der Waals surface area contributed by atoms with Gasteiger partial charge < -0.3 is 19.7 Å². The van der Waals surface area contributed by atoms with Gasteiger partial charge in [-0.05, 0) is 80.6 Å². The van der Waals surface area contributed by atoms with E-state index in [1.54, 1.807) is 62.6 Å². The number of ether oxygens (including phenoxy) is 2. The summed E-state index contributed by atoms with van der Waals surface area (Å²) in [4.78, 5) is 29.7. The van der Waals surface area contributed by atoms with E-state index in [0.29, 0.717) is 31.1 Å². The largest absolute Gasteiger partial charge is 0.497 e. The molecule has 0 saturated carbocycles. The summed E-state index contributed by atoms with van der Waals surface area (Å²) >= 11 is 1.50. The molecule has 0 aliphatic heterocycles. The first-order valence-electron chi connectivity index (χ1n) is 13.8. The highest BCUT2D eigenvalue weighted by Gasteiger charge is 2.34. The molecule has 1 unspecified atom stereocenters. The number of likely N-dealkylation sites (N-methyl/N-ethyl adjacent to an activating group) is 1. The number of hydrogen-bond donors (Lipinski definition) is 1. The van der Waals surface area contributed by atoms with Gasteiger partial charge in [0, 0.05) is 18.0 Å². The first-order valence-corrected chi connectivity index (χ1v) is 16.4. The van der Waals surface area contributed by atoms with Crippen LogP contribution in [0.1, 0.15) is 32.8 Å². The molecular weight excluding hydrogens is 574 g/mol. The van der Waals surface area contributed by atoms with E-state index in [0.717, 1.165) is 14.8 Å². The van der Waals surface area contributed by atoms with Crippen LogP contribution in [0.4, 0.5) is 5.69 Å². The SMILES string of the molecule is CCNC(=O)C(CC)N(Cc1ccc(OC)cc1)C(=O)CN(c1ccccc1OCC)S(=O)(=O)c1ccc(SC)cc1. The van der Waals surface area contributed by atoms with Crippen molar-refractivity contribution in [3.63, 3.8) is 0 Å². The van der Waals surface area contributed by atoms with Crippen LogP contribution in [0.2, 0.25) is 0 Å². The van der Waals surface area contributed by atoms with E-state index < -0.39 is 28.5 Å². The Morgan fingerprint density at radius 3 is 2.19 bits per heavy atom. The van der Waals surface area contributed by atoms with Gasteiger partial charge in [-0.1, -0.05) is 31.2 Å². The number of methoxy groups -OCH3 is 1. The summed E-state index contributed by atoms with van der Waals surface area (Å²) in [7, 11) is -2.65. The third-order valence-electron chi connectivity index (χ3n) is 6.61. The van der Waals surface area contributed by atoms with Crippen molar-refractivity contribution in [2.24, 2.45) is 0 Å². The molecule has 0 heterocycles. The zero-order valence-electron chi connectivity index (χ0n) is 24.7. The minimum absolute atomic E-state index is 0.0388. The van der Waals surface area contributed by atoms with Crippen LogP contribution in [0.25, 0.3) is 0 Å². The van der Waals surface area contributed by atoms with Gasteiger partial charge in [0.25, 0.3) is 10.0 Å². The summed E-state index contributed by atoms with van der Waals surface area (Å²) in [5, 5.41) is 2.81. The summed E-state index contributed by atoms with van der Waals surface area (Å²) in [5.74, 6) is 0.150. The average molecular weight is 614 g/mol. The maximum atomic E-state index is 14.2. The Labute approximate surface area is 253 Å². The van der Waals surface area contributed by atoms with Crippen molar-refractivity contribution in [3.05, 3.63) is 78.4 Å². The number of carbonyl (C=O) groups excluding carboxylic acids is 2. The quantitative estimate of drug-likeness (QED) is 0.242.